The molecule has 0 aromatic heterocycles. The fourth-order valence-corrected chi connectivity index (χ4v) is 0.853. The van der Waals surface area contributed by atoms with Crippen molar-refractivity contribution in [3.05, 3.63) is 41.5 Å². The maximum Gasteiger partial charge on any atom is 0.140 e. The zero-order valence-electron chi connectivity index (χ0n) is 6.71. The maximum absolute atomic E-state index is 12.9. The largest absolute Gasteiger partial charge is 0.206 e. The zero-order valence-corrected chi connectivity index (χ0v) is 6.71. The molecule has 0 N–H and O–H groups in total. The van der Waals surface area contributed by atoms with E-state index in [0.29, 0.717) is 5.56 Å². The first kappa shape index (κ1) is 8.48. The first-order valence-corrected chi connectivity index (χ1v) is 3.56. The van der Waals surface area contributed by atoms with Crippen molar-refractivity contribution in [1.29, 1.82) is 5.26 Å². The van der Waals surface area contributed by atoms with Crippen molar-refractivity contribution in [2.24, 2.45) is 0 Å². The average Bonchev–Trinajstić information content (AvgIpc) is 2.06. The Morgan fingerprint density at radius 1 is 1.42 bits per heavy atom. The van der Waals surface area contributed by atoms with Crippen LogP contribution in [-0.4, -0.2) is 0 Å². The SMILES string of the molecule is Cc1ccc(/C(F)=C/C#N)cc1. The number of allylic oxidation sites excluding steroid dienone is 1. The minimum atomic E-state index is -0.488. The molecule has 0 aliphatic carbocycles. The average molecular weight is 161 g/mol. The van der Waals surface area contributed by atoms with Crippen LogP contribution in [0.5, 0.6) is 0 Å². The topological polar surface area (TPSA) is 23.8 Å². The molecular formula is C10H8FN. The zero-order chi connectivity index (χ0) is 8.97. The number of benzene rings is 1. The second-order valence-electron chi connectivity index (χ2n) is 2.49. The molecule has 1 aromatic carbocycles. The smallest absolute Gasteiger partial charge is 0.140 e. The molecule has 0 spiro atoms. The van der Waals surface area contributed by atoms with Gasteiger partial charge in [-0.25, -0.2) is 4.39 Å². The number of aryl methyl sites for hydroxylation is 1. The van der Waals surface area contributed by atoms with Crippen LogP contribution in [0.1, 0.15) is 11.1 Å². The molecule has 0 radical (unpaired) electrons. The maximum atomic E-state index is 12.9. The van der Waals surface area contributed by atoms with E-state index in [0.717, 1.165) is 11.6 Å². The molecule has 0 saturated heterocycles. The molecular weight excluding hydrogens is 153 g/mol. The van der Waals surface area contributed by atoms with Crippen LogP contribution in [-0.2, 0) is 0 Å². The monoisotopic (exact) mass is 161 g/mol. The third-order valence-corrected chi connectivity index (χ3v) is 1.52. The number of hydrogen-bond donors (Lipinski definition) is 0. The predicted molar refractivity (Wildman–Crippen MR) is 45.9 cm³/mol. The molecule has 0 bridgehead atoms. The van der Waals surface area contributed by atoms with Gasteiger partial charge in [-0.1, -0.05) is 29.8 Å². The van der Waals surface area contributed by atoms with E-state index < -0.39 is 5.83 Å². The van der Waals surface area contributed by atoms with E-state index in [4.69, 9.17) is 5.26 Å². The van der Waals surface area contributed by atoms with Crippen LogP contribution >= 0.6 is 0 Å². The Bertz CT molecular complexity index is 330. The Labute approximate surface area is 70.8 Å². The number of halogens is 1. The molecule has 60 valence electrons. The molecule has 1 nitrogen and oxygen atoms in total. The third kappa shape index (κ3) is 1.93. The summed E-state index contributed by atoms with van der Waals surface area (Å²) in [5.74, 6) is -0.488. The van der Waals surface area contributed by atoms with Gasteiger partial charge in [0, 0.05) is 5.56 Å². The van der Waals surface area contributed by atoms with Gasteiger partial charge in [0.25, 0.3) is 0 Å². The summed E-state index contributed by atoms with van der Waals surface area (Å²) in [6.45, 7) is 1.93. The molecule has 1 rings (SSSR count). The second-order valence-corrected chi connectivity index (χ2v) is 2.49. The van der Waals surface area contributed by atoms with Crippen LogP contribution in [0.4, 0.5) is 4.39 Å². The van der Waals surface area contributed by atoms with Crippen LogP contribution in [0.3, 0.4) is 0 Å². The van der Waals surface area contributed by atoms with Gasteiger partial charge < -0.3 is 0 Å². The van der Waals surface area contributed by atoms with Gasteiger partial charge in [0.15, 0.2) is 0 Å². The Kier molecular flexibility index (Phi) is 2.60. The van der Waals surface area contributed by atoms with Crippen molar-refractivity contribution in [1.82, 2.24) is 0 Å². The molecule has 12 heavy (non-hydrogen) atoms. The van der Waals surface area contributed by atoms with Gasteiger partial charge in [-0.05, 0) is 6.92 Å². The van der Waals surface area contributed by atoms with Crippen molar-refractivity contribution >= 4 is 5.83 Å². The van der Waals surface area contributed by atoms with Gasteiger partial charge in [0.05, 0.1) is 12.1 Å². The van der Waals surface area contributed by atoms with Gasteiger partial charge >= 0.3 is 0 Å². The summed E-state index contributed by atoms with van der Waals surface area (Å²) < 4.78 is 12.9. The van der Waals surface area contributed by atoms with Gasteiger partial charge in [-0.15, -0.1) is 0 Å². The Balaban J connectivity index is 2.99. The van der Waals surface area contributed by atoms with E-state index in [1.807, 2.05) is 6.92 Å². The predicted octanol–water partition coefficient (Wildman–Crippen LogP) is 2.83. The molecule has 0 amide bonds. The summed E-state index contributed by atoms with van der Waals surface area (Å²) in [4.78, 5) is 0. The van der Waals surface area contributed by atoms with Crippen molar-refractivity contribution in [3.8, 4) is 6.07 Å². The lowest BCUT2D eigenvalue weighted by molar-refractivity contribution is 0.760. The van der Waals surface area contributed by atoms with E-state index in [2.05, 4.69) is 0 Å². The number of hydrogen-bond acceptors (Lipinski definition) is 1. The van der Waals surface area contributed by atoms with Gasteiger partial charge in [-0.3, -0.25) is 0 Å². The van der Waals surface area contributed by atoms with E-state index in [1.54, 1.807) is 30.3 Å². The molecule has 0 aliphatic rings. The second kappa shape index (κ2) is 3.68. The quantitative estimate of drug-likeness (QED) is 0.581. The summed E-state index contributed by atoms with van der Waals surface area (Å²) in [6, 6.07) is 8.56. The van der Waals surface area contributed by atoms with Crippen LogP contribution < -0.4 is 0 Å². The third-order valence-electron chi connectivity index (χ3n) is 1.52. The molecule has 0 unspecified atom stereocenters. The molecule has 0 atom stereocenters. The highest BCUT2D eigenvalue weighted by Gasteiger charge is 1.97. The van der Waals surface area contributed by atoms with Crippen molar-refractivity contribution < 1.29 is 4.39 Å². The molecule has 0 saturated carbocycles. The minimum absolute atomic E-state index is 0.446. The summed E-state index contributed by atoms with van der Waals surface area (Å²) in [5, 5.41) is 8.19. The number of nitrogens with zero attached hydrogens (tertiary/aromatic N) is 1. The van der Waals surface area contributed by atoms with Crippen LogP contribution in [0.15, 0.2) is 30.3 Å². The van der Waals surface area contributed by atoms with Crippen LogP contribution in [0, 0.1) is 18.3 Å². The van der Waals surface area contributed by atoms with Gasteiger partial charge in [0.1, 0.15) is 5.83 Å². The highest BCUT2D eigenvalue weighted by Crippen LogP contribution is 2.15. The first-order chi connectivity index (χ1) is 5.74. The summed E-state index contributed by atoms with van der Waals surface area (Å²) in [6.07, 6.45) is 0.894. The lowest BCUT2D eigenvalue weighted by Gasteiger charge is -1.95. The van der Waals surface area contributed by atoms with Crippen LogP contribution in [0.2, 0.25) is 0 Å². The summed E-state index contributed by atoms with van der Waals surface area (Å²) >= 11 is 0. The molecule has 0 heterocycles. The van der Waals surface area contributed by atoms with Gasteiger partial charge in [0.2, 0.25) is 0 Å². The highest BCUT2D eigenvalue weighted by atomic mass is 19.1. The normalized spacial score (nSPS) is 10.9. The molecule has 0 aliphatic heterocycles. The Hall–Kier alpha value is -1.62. The van der Waals surface area contributed by atoms with E-state index in [1.165, 1.54) is 0 Å². The molecule has 0 fully saturated rings. The molecule has 2 heteroatoms. The van der Waals surface area contributed by atoms with Crippen molar-refractivity contribution in [2.45, 2.75) is 6.92 Å². The lowest BCUT2D eigenvalue weighted by Crippen LogP contribution is -1.77. The highest BCUT2D eigenvalue weighted by molar-refractivity contribution is 5.61. The molecule has 1 aromatic rings. The Morgan fingerprint density at radius 2 is 2.00 bits per heavy atom. The van der Waals surface area contributed by atoms with Crippen molar-refractivity contribution in [3.63, 3.8) is 0 Å². The van der Waals surface area contributed by atoms with Crippen molar-refractivity contribution in [2.75, 3.05) is 0 Å². The van der Waals surface area contributed by atoms with Gasteiger partial charge in [-0.2, -0.15) is 5.26 Å². The lowest BCUT2D eigenvalue weighted by atomic mass is 10.1. The summed E-state index contributed by atoms with van der Waals surface area (Å²) in [7, 11) is 0. The number of nitriles is 1. The number of rotatable bonds is 1. The van der Waals surface area contributed by atoms with E-state index in [9.17, 15) is 4.39 Å². The van der Waals surface area contributed by atoms with E-state index in [-0.39, 0.29) is 0 Å². The standard InChI is InChI=1S/C10H8FN/c1-8-2-4-9(5-3-8)10(11)6-7-12/h2-6H,1H3/b10-6-. The van der Waals surface area contributed by atoms with Crippen LogP contribution in [0.25, 0.3) is 5.83 Å². The Morgan fingerprint density at radius 3 is 2.50 bits per heavy atom. The van der Waals surface area contributed by atoms with E-state index >= 15 is 0 Å². The minimum Gasteiger partial charge on any atom is -0.206 e. The first-order valence-electron chi connectivity index (χ1n) is 3.56. The fourth-order valence-electron chi connectivity index (χ4n) is 0.853. The summed E-state index contributed by atoms with van der Waals surface area (Å²) in [5.41, 5.74) is 1.52. The fraction of sp³-hybridized carbons (Fsp3) is 0.100.